The second-order valence-electron chi connectivity index (χ2n) is 7.34. The average Bonchev–Trinajstić information content (AvgIpc) is 3.06. The number of piperidine rings is 1. The molecule has 0 aliphatic carbocycles. The first-order valence-electron chi connectivity index (χ1n) is 9.55. The topological polar surface area (TPSA) is 89.7 Å². The first kappa shape index (κ1) is 20.6. The first-order chi connectivity index (χ1) is 13.3. The zero-order valence-electron chi connectivity index (χ0n) is 17.1. The van der Waals surface area contributed by atoms with Crippen LogP contribution in [0.3, 0.4) is 0 Å². The average molecular weight is 406 g/mol. The zero-order chi connectivity index (χ0) is 20.4. The molecule has 1 saturated heterocycles. The fraction of sp³-hybridized carbons (Fsp3) is 0.632. The summed E-state index contributed by atoms with van der Waals surface area (Å²) in [7, 11) is 0. The van der Waals surface area contributed by atoms with Gasteiger partial charge in [-0.1, -0.05) is 11.8 Å². The summed E-state index contributed by atoms with van der Waals surface area (Å²) in [6.07, 6.45) is 5.05. The fourth-order valence-electron chi connectivity index (χ4n) is 3.86. The highest BCUT2D eigenvalue weighted by Crippen LogP contribution is 2.22. The van der Waals surface area contributed by atoms with E-state index in [9.17, 15) is 9.59 Å². The van der Waals surface area contributed by atoms with Gasteiger partial charge in [0, 0.05) is 29.0 Å². The van der Waals surface area contributed by atoms with E-state index in [4.69, 9.17) is 4.74 Å². The molecule has 1 aliphatic rings. The molecule has 0 aromatic carbocycles. The van der Waals surface area contributed by atoms with Crippen LogP contribution in [0.1, 0.15) is 50.1 Å². The van der Waals surface area contributed by atoms with E-state index in [1.165, 1.54) is 11.8 Å². The minimum Gasteiger partial charge on any atom is -0.455 e. The maximum absolute atomic E-state index is 12.5. The molecule has 1 amide bonds. The highest BCUT2D eigenvalue weighted by molar-refractivity contribution is 7.98. The van der Waals surface area contributed by atoms with Crippen LogP contribution in [-0.2, 0) is 20.7 Å². The summed E-state index contributed by atoms with van der Waals surface area (Å²) in [6.45, 7) is 7.59. The summed E-state index contributed by atoms with van der Waals surface area (Å²) in [5.74, 6) is -0.0566. The Labute approximate surface area is 169 Å². The first-order valence-corrected chi connectivity index (χ1v) is 10.8. The zero-order valence-corrected chi connectivity index (χ0v) is 17.9. The van der Waals surface area contributed by atoms with E-state index in [2.05, 4.69) is 15.1 Å². The van der Waals surface area contributed by atoms with Crippen molar-refractivity contribution in [2.45, 2.75) is 70.6 Å². The van der Waals surface area contributed by atoms with Gasteiger partial charge in [-0.15, -0.1) is 5.10 Å². The fourth-order valence-corrected chi connectivity index (χ4v) is 4.19. The number of fused-ring (bicyclic) bond motifs is 1. The second-order valence-corrected chi connectivity index (χ2v) is 8.11. The minimum absolute atomic E-state index is 0.0491. The maximum Gasteiger partial charge on any atom is 0.310 e. The number of thioether (sulfide) groups is 1. The van der Waals surface area contributed by atoms with E-state index in [0.29, 0.717) is 16.6 Å². The molecule has 1 aliphatic heterocycles. The summed E-state index contributed by atoms with van der Waals surface area (Å²) in [5.41, 5.74) is 2.27. The summed E-state index contributed by atoms with van der Waals surface area (Å²) in [5, 5.41) is 5.01. The molecule has 0 radical (unpaired) electrons. The van der Waals surface area contributed by atoms with Gasteiger partial charge in [-0.05, 0) is 53.2 Å². The lowest BCUT2D eigenvalue weighted by Gasteiger charge is -2.38. The smallest absolute Gasteiger partial charge is 0.310 e. The van der Waals surface area contributed by atoms with Gasteiger partial charge < -0.3 is 9.64 Å². The van der Waals surface area contributed by atoms with E-state index in [1.807, 2.05) is 38.9 Å². The second kappa shape index (κ2) is 8.46. The number of carbonyl (C=O) groups is 2. The SMILES string of the molecule is CSc1nc2nc(C)c(CC(=O)OCC(=O)N3[C@H](C)CCC[C@@H]3C)c(C)n2n1. The highest BCUT2D eigenvalue weighted by atomic mass is 32.2. The molecule has 0 spiro atoms. The van der Waals surface area contributed by atoms with Gasteiger partial charge in [0.25, 0.3) is 11.7 Å². The van der Waals surface area contributed by atoms with E-state index < -0.39 is 5.97 Å². The predicted molar refractivity (Wildman–Crippen MR) is 106 cm³/mol. The summed E-state index contributed by atoms with van der Waals surface area (Å²) in [4.78, 5) is 35.5. The van der Waals surface area contributed by atoms with Gasteiger partial charge in [-0.3, -0.25) is 9.59 Å². The Balaban J connectivity index is 1.67. The molecule has 0 unspecified atom stereocenters. The van der Waals surface area contributed by atoms with Crippen molar-refractivity contribution >= 4 is 29.4 Å². The quantitative estimate of drug-likeness (QED) is 0.557. The largest absolute Gasteiger partial charge is 0.455 e. The van der Waals surface area contributed by atoms with Crippen LogP contribution in [0.25, 0.3) is 5.78 Å². The number of rotatable bonds is 5. The van der Waals surface area contributed by atoms with Crippen molar-refractivity contribution in [3.05, 3.63) is 17.0 Å². The number of ether oxygens (including phenoxy) is 1. The van der Waals surface area contributed by atoms with Crippen LogP contribution in [0.5, 0.6) is 0 Å². The number of nitrogens with zero attached hydrogens (tertiary/aromatic N) is 5. The Morgan fingerprint density at radius 3 is 2.50 bits per heavy atom. The monoisotopic (exact) mass is 405 g/mol. The Morgan fingerprint density at radius 2 is 1.86 bits per heavy atom. The number of likely N-dealkylation sites (tertiary alicyclic amines) is 1. The van der Waals surface area contributed by atoms with Crippen LogP contribution < -0.4 is 0 Å². The third kappa shape index (κ3) is 4.14. The highest BCUT2D eigenvalue weighted by Gasteiger charge is 2.29. The molecule has 2 aromatic heterocycles. The number of aryl methyl sites for hydroxylation is 2. The Bertz CT molecular complexity index is 887. The van der Waals surface area contributed by atoms with Gasteiger partial charge in [0.1, 0.15) is 0 Å². The Morgan fingerprint density at radius 1 is 1.18 bits per heavy atom. The third-order valence-corrected chi connectivity index (χ3v) is 5.91. The minimum atomic E-state index is -0.441. The Kier molecular flexibility index (Phi) is 6.22. The summed E-state index contributed by atoms with van der Waals surface area (Å²) >= 11 is 1.44. The number of hydrogen-bond acceptors (Lipinski definition) is 7. The number of hydrogen-bond donors (Lipinski definition) is 0. The lowest BCUT2D eigenvalue weighted by atomic mass is 9.97. The number of aromatic nitrogens is 4. The standard InChI is InChI=1S/C19H27N5O3S/c1-11-7-6-8-12(2)23(11)16(25)10-27-17(26)9-15-13(3)20-18-21-19(28-5)22-24(18)14(15)4/h11-12H,6-10H2,1-5H3/t11-,12+. The van der Waals surface area contributed by atoms with Crippen LogP contribution in [0, 0.1) is 13.8 Å². The van der Waals surface area contributed by atoms with Gasteiger partial charge in [0.15, 0.2) is 6.61 Å². The van der Waals surface area contributed by atoms with Crippen molar-refractivity contribution in [2.75, 3.05) is 12.9 Å². The molecule has 1 fully saturated rings. The Hall–Kier alpha value is -2.16. The van der Waals surface area contributed by atoms with E-state index in [0.717, 1.165) is 30.5 Å². The molecule has 2 atom stereocenters. The van der Waals surface area contributed by atoms with Gasteiger partial charge in [-0.2, -0.15) is 4.98 Å². The lowest BCUT2D eigenvalue weighted by molar-refractivity contribution is -0.154. The molecule has 0 N–H and O–H groups in total. The maximum atomic E-state index is 12.5. The van der Waals surface area contributed by atoms with Crippen molar-refractivity contribution < 1.29 is 14.3 Å². The van der Waals surface area contributed by atoms with Crippen LogP contribution >= 0.6 is 11.8 Å². The molecular weight excluding hydrogens is 378 g/mol. The molecular formula is C19H27N5O3S. The molecule has 2 aromatic rings. The lowest BCUT2D eigenvalue weighted by Crippen LogP contribution is -2.49. The van der Waals surface area contributed by atoms with Crippen molar-refractivity contribution in [1.82, 2.24) is 24.5 Å². The molecule has 8 nitrogen and oxygen atoms in total. The number of amides is 1. The summed E-state index contributed by atoms with van der Waals surface area (Å²) in [6, 6.07) is 0.369. The summed E-state index contributed by atoms with van der Waals surface area (Å²) < 4.78 is 6.94. The number of carbonyl (C=O) groups excluding carboxylic acids is 2. The molecule has 0 bridgehead atoms. The van der Waals surface area contributed by atoms with Crippen molar-refractivity contribution in [3.8, 4) is 0 Å². The third-order valence-electron chi connectivity index (χ3n) is 5.37. The molecule has 3 heterocycles. The van der Waals surface area contributed by atoms with Gasteiger partial charge in [0.2, 0.25) is 5.16 Å². The van der Waals surface area contributed by atoms with Gasteiger partial charge in [-0.25, -0.2) is 9.50 Å². The molecule has 0 saturated carbocycles. The molecule has 152 valence electrons. The van der Waals surface area contributed by atoms with Crippen LogP contribution in [0.15, 0.2) is 5.16 Å². The van der Waals surface area contributed by atoms with Crippen molar-refractivity contribution in [3.63, 3.8) is 0 Å². The van der Waals surface area contributed by atoms with Gasteiger partial charge in [0.05, 0.1) is 6.42 Å². The molecule has 3 rings (SSSR count). The van der Waals surface area contributed by atoms with Gasteiger partial charge >= 0.3 is 5.97 Å². The van der Waals surface area contributed by atoms with Crippen LogP contribution in [0.4, 0.5) is 0 Å². The number of esters is 1. The van der Waals surface area contributed by atoms with E-state index >= 15 is 0 Å². The normalized spacial score (nSPS) is 19.8. The van der Waals surface area contributed by atoms with Crippen LogP contribution in [0.2, 0.25) is 0 Å². The van der Waals surface area contributed by atoms with Crippen molar-refractivity contribution in [1.29, 1.82) is 0 Å². The predicted octanol–water partition coefficient (Wildman–Crippen LogP) is 2.34. The molecule has 28 heavy (non-hydrogen) atoms. The molecule has 9 heteroatoms. The van der Waals surface area contributed by atoms with Crippen molar-refractivity contribution in [2.24, 2.45) is 0 Å². The van der Waals surface area contributed by atoms with E-state index in [1.54, 1.807) is 4.52 Å². The van der Waals surface area contributed by atoms with Crippen LogP contribution in [-0.4, -0.2) is 61.3 Å². The van der Waals surface area contributed by atoms with E-state index in [-0.39, 0.29) is 31.0 Å².